The first-order valence-electron chi connectivity index (χ1n) is 10.5. The van der Waals surface area contributed by atoms with Crippen molar-refractivity contribution >= 4 is 21.8 Å². The average Bonchev–Trinajstić information content (AvgIpc) is 3.18. The highest BCUT2D eigenvalue weighted by Crippen LogP contribution is 2.28. The molecule has 29 heavy (non-hydrogen) atoms. The van der Waals surface area contributed by atoms with E-state index in [9.17, 15) is 18.0 Å². The third-order valence-corrected chi connectivity index (χ3v) is 7.99. The van der Waals surface area contributed by atoms with Crippen LogP contribution >= 0.6 is 0 Å². The van der Waals surface area contributed by atoms with Crippen LogP contribution < -0.4 is 10.6 Å². The molecule has 1 atom stereocenters. The summed E-state index contributed by atoms with van der Waals surface area (Å²) < 4.78 is 27.9. The predicted octanol–water partition coefficient (Wildman–Crippen LogP) is 2.02. The van der Waals surface area contributed by atoms with Gasteiger partial charge in [0.1, 0.15) is 0 Å². The van der Waals surface area contributed by atoms with Crippen LogP contribution in [0.5, 0.6) is 0 Å². The van der Waals surface area contributed by atoms with Crippen molar-refractivity contribution in [1.29, 1.82) is 0 Å². The maximum Gasteiger partial charge on any atom is 0.309 e. The summed E-state index contributed by atoms with van der Waals surface area (Å²) >= 11 is 0. The molecule has 2 fully saturated rings. The van der Waals surface area contributed by atoms with Gasteiger partial charge in [-0.1, -0.05) is 31.4 Å². The maximum absolute atomic E-state index is 13.2. The molecule has 160 valence electrons. The van der Waals surface area contributed by atoms with Crippen molar-refractivity contribution in [2.24, 2.45) is 0 Å². The fourth-order valence-electron chi connectivity index (χ4n) is 4.23. The number of nitrogens with one attached hydrogen (secondary N) is 2. The summed E-state index contributed by atoms with van der Waals surface area (Å²) in [6, 6.07) is 5.11. The van der Waals surface area contributed by atoms with Gasteiger partial charge >= 0.3 is 11.8 Å². The van der Waals surface area contributed by atoms with Crippen LogP contribution in [0.15, 0.2) is 23.1 Å². The quantitative estimate of drug-likeness (QED) is 0.711. The molecule has 0 spiro atoms. The zero-order valence-electron chi connectivity index (χ0n) is 17.2. The molecule has 0 aromatic heterocycles. The third kappa shape index (κ3) is 5.17. The SMILES string of the molecule is Cc1ccc(C)c(S(=O)(=O)N2CCCC2CNC(=O)C(=O)NC2CCCCC2)c1. The zero-order valence-corrected chi connectivity index (χ0v) is 18.1. The van der Waals surface area contributed by atoms with Crippen LogP contribution in [-0.4, -0.2) is 49.7 Å². The van der Waals surface area contributed by atoms with E-state index in [2.05, 4.69) is 10.6 Å². The number of nitrogens with zero attached hydrogens (tertiary/aromatic N) is 1. The Kier molecular flexibility index (Phi) is 6.95. The number of amides is 2. The Labute approximate surface area is 173 Å². The number of carbonyl (C=O) groups excluding carboxylic acids is 2. The number of sulfonamides is 1. The van der Waals surface area contributed by atoms with Crippen LogP contribution in [0.1, 0.15) is 56.1 Å². The fourth-order valence-corrected chi connectivity index (χ4v) is 6.23. The highest BCUT2D eigenvalue weighted by atomic mass is 32.2. The van der Waals surface area contributed by atoms with Gasteiger partial charge < -0.3 is 10.6 Å². The van der Waals surface area contributed by atoms with E-state index < -0.39 is 21.8 Å². The minimum absolute atomic E-state index is 0.0645. The van der Waals surface area contributed by atoms with Gasteiger partial charge in [0.15, 0.2) is 0 Å². The summed E-state index contributed by atoms with van der Waals surface area (Å²) in [5.74, 6) is -1.31. The van der Waals surface area contributed by atoms with E-state index in [0.717, 1.165) is 37.7 Å². The summed E-state index contributed by atoms with van der Waals surface area (Å²) in [6.45, 7) is 4.21. The van der Waals surface area contributed by atoms with Gasteiger partial charge in [0.05, 0.1) is 4.90 Å². The molecule has 1 aliphatic carbocycles. The van der Waals surface area contributed by atoms with Crippen molar-refractivity contribution in [1.82, 2.24) is 14.9 Å². The standard InChI is InChI=1S/C21H31N3O4S/c1-15-10-11-16(2)19(13-15)29(27,28)24-12-6-9-18(24)14-22-20(25)21(26)23-17-7-4-3-5-8-17/h10-11,13,17-18H,3-9,12,14H2,1-2H3,(H,22,25)(H,23,26). The zero-order chi connectivity index (χ0) is 21.0. The van der Waals surface area contributed by atoms with Crippen molar-refractivity contribution in [3.63, 3.8) is 0 Å². The van der Waals surface area contributed by atoms with Gasteiger partial charge in [-0.2, -0.15) is 4.31 Å². The summed E-state index contributed by atoms with van der Waals surface area (Å²) in [4.78, 5) is 24.7. The first kappa shape index (κ1) is 21.8. The number of hydrogen-bond donors (Lipinski definition) is 2. The second kappa shape index (κ2) is 9.26. The molecule has 2 aliphatic rings. The van der Waals surface area contributed by atoms with Crippen molar-refractivity contribution < 1.29 is 18.0 Å². The van der Waals surface area contributed by atoms with Crippen LogP contribution in [0.2, 0.25) is 0 Å². The van der Waals surface area contributed by atoms with Gasteiger partial charge in [0, 0.05) is 25.2 Å². The molecule has 2 amide bonds. The highest BCUT2D eigenvalue weighted by molar-refractivity contribution is 7.89. The Morgan fingerprint density at radius 3 is 2.48 bits per heavy atom. The molecule has 1 saturated heterocycles. The lowest BCUT2D eigenvalue weighted by Crippen LogP contribution is -2.49. The second-order valence-corrected chi connectivity index (χ2v) is 10.1. The van der Waals surface area contributed by atoms with Crippen LogP contribution in [0, 0.1) is 13.8 Å². The number of aryl methyl sites for hydroxylation is 2. The van der Waals surface area contributed by atoms with Gasteiger partial charge in [-0.3, -0.25) is 9.59 Å². The number of hydrogen-bond acceptors (Lipinski definition) is 4. The molecule has 1 aliphatic heterocycles. The first-order chi connectivity index (χ1) is 13.8. The Balaban J connectivity index is 1.61. The van der Waals surface area contributed by atoms with Gasteiger partial charge in [0.2, 0.25) is 10.0 Å². The summed E-state index contributed by atoms with van der Waals surface area (Å²) in [7, 11) is -3.65. The smallest absolute Gasteiger partial charge is 0.309 e. The van der Waals surface area contributed by atoms with E-state index in [1.165, 1.54) is 10.7 Å². The minimum Gasteiger partial charge on any atom is -0.346 e. The Morgan fingerprint density at radius 1 is 1.03 bits per heavy atom. The highest BCUT2D eigenvalue weighted by Gasteiger charge is 2.36. The molecule has 1 heterocycles. The van der Waals surface area contributed by atoms with Gasteiger partial charge in [0.25, 0.3) is 0 Å². The summed E-state index contributed by atoms with van der Waals surface area (Å²) in [6.07, 6.45) is 6.52. The lowest BCUT2D eigenvalue weighted by atomic mass is 9.95. The van der Waals surface area contributed by atoms with E-state index in [-0.39, 0.29) is 18.6 Å². The van der Waals surface area contributed by atoms with Crippen molar-refractivity contribution in [2.45, 2.75) is 75.8 Å². The predicted molar refractivity (Wildman–Crippen MR) is 111 cm³/mol. The third-order valence-electron chi connectivity index (χ3n) is 5.90. The molecular weight excluding hydrogens is 390 g/mol. The minimum atomic E-state index is -3.65. The molecule has 2 N–H and O–H groups in total. The molecule has 1 saturated carbocycles. The van der Waals surface area contributed by atoms with Crippen LogP contribution in [0.4, 0.5) is 0 Å². The van der Waals surface area contributed by atoms with E-state index in [1.54, 1.807) is 13.0 Å². The van der Waals surface area contributed by atoms with Crippen molar-refractivity contribution in [2.75, 3.05) is 13.1 Å². The molecule has 7 nitrogen and oxygen atoms in total. The Morgan fingerprint density at radius 2 is 1.76 bits per heavy atom. The largest absolute Gasteiger partial charge is 0.346 e. The van der Waals surface area contributed by atoms with Gasteiger partial charge in [-0.05, 0) is 56.7 Å². The Bertz CT molecular complexity index is 863. The molecule has 8 heteroatoms. The normalized spacial score (nSPS) is 21.1. The molecule has 0 radical (unpaired) electrons. The number of carbonyl (C=O) groups is 2. The maximum atomic E-state index is 13.2. The molecule has 0 bridgehead atoms. The Hall–Kier alpha value is -1.93. The van der Waals surface area contributed by atoms with Crippen molar-refractivity contribution in [3.05, 3.63) is 29.3 Å². The van der Waals surface area contributed by atoms with E-state index in [0.29, 0.717) is 23.4 Å². The fraction of sp³-hybridized carbons (Fsp3) is 0.619. The molecule has 3 rings (SSSR count). The van der Waals surface area contributed by atoms with Crippen LogP contribution in [-0.2, 0) is 19.6 Å². The lowest BCUT2D eigenvalue weighted by molar-refractivity contribution is -0.139. The van der Waals surface area contributed by atoms with E-state index >= 15 is 0 Å². The number of rotatable bonds is 5. The average molecular weight is 422 g/mol. The summed E-state index contributed by atoms with van der Waals surface area (Å²) in [5, 5.41) is 5.43. The van der Waals surface area contributed by atoms with Crippen LogP contribution in [0.3, 0.4) is 0 Å². The summed E-state index contributed by atoms with van der Waals surface area (Å²) in [5.41, 5.74) is 1.59. The van der Waals surface area contributed by atoms with Crippen LogP contribution in [0.25, 0.3) is 0 Å². The first-order valence-corrected chi connectivity index (χ1v) is 11.9. The lowest BCUT2D eigenvalue weighted by Gasteiger charge is -2.25. The second-order valence-electron chi connectivity index (χ2n) is 8.20. The topological polar surface area (TPSA) is 95.6 Å². The number of benzene rings is 1. The van der Waals surface area contributed by atoms with Gasteiger partial charge in [-0.15, -0.1) is 0 Å². The molecule has 1 unspecified atom stereocenters. The van der Waals surface area contributed by atoms with E-state index in [1.807, 2.05) is 19.1 Å². The monoisotopic (exact) mass is 421 g/mol. The van der Waals surface area contributed by atoms with E-state index in [4.69, 9.17) is 0 Å². The molecule has 1 aromatic rings. The van der Waals surface area contributed by atoms with Crippen molar-refractivity contribution in [3.8, 4) is 0 Å². The molecular formula is C21H31N3O4S. The van der Waals surface area contributed by atoms with Gasteiger partial charge in [-0.25, -0.2) is 8.42 Å². The molecule has 1 aromatic carbocycles.